The molecule has 1 fully saturated rings. The summed E-state index contributed by atoms with van der Waals surface area (Å²) in [5.41, 5.74) is 0.241. The van der Waals surface area contributed by atoms with E-state index in [9.17, 15) is 23.2 Å². The van der Waals surface area contributed by atoms with E-state index in [0.29, 0.717) is 13.0 Å². The zero-order valence-electron chi connectivity index (χ0n) is 17.1. The molecular formula is C20H30F2N2O4. The molecule has 0 radical (unpaired) electrons. The van der Waals surface area contributed by atoms with E-state index in [1.54, 1.807) is 18.7 Å². The number of hydrogen-bond acceptors (Lipinski definition) is 3. The smallest absolute Gasteiger partial charge is 0.326 e. The van der Waals surface area contributed by atoms with Gasteiger partial charge in [-0.15, -0.1) is 0 Å². The highest BCUT2D eigenvalue weighted by Crippen LogP contribution is 2.17. The number of nitrogens with one attached hydrogen (secondary N) is 1. The summed E-state index contributed by atoms with van der Waals surface area (Å²) in [6.07, 6.45) is 1.31. The quantitative estimate of drug-likeness (QED) is 0.794. The molecule has 0 saturated carbocycles. The summed E-state index contributed by atoms with van der Waals surface area (Å²) in [7, 11) is 0. The predicted octanol–water partition coefficient (Wildman–Crippen LogP) is 3.35. The standard InChI is InChI=1S/C11H11F2NO.C7H13NO3.C2H6/c12-9-4-1-3-8(11(9)13)7-14-6-2-5-10(14)15;1-4(2)6(7(10)11)8-5(3)9;1-2/h1,3-4H,2,5-7H2;4,6H,1-3H3,(H,8,9)(H,10,11);1-2H3. The van der Waals surface area contributed by atoms with Crippen molar-refractivity contribution in [3.05, 3.63) is 35.4 Å². The summed E-state index contributed by atoms with van der Waals surface area (Å²) in [4.78, 5) is 33.8. The molecule has 0 spiro atoms. The van der Waals surface area contributed by atoms with Crippen LogP contribution in [0, 0.1) is 17.6 Å². The van der Waals surface area contributed by atoms with Gasteiger partial charge in [0.05, 0.1) is 0 Å². The molecule has 2 amide bonds. The molecule has 28 heavy (non-hydrogen) atoms. The highest BCUT2D eigenvalue weighted by molar-refractivity contribution is 5.82. The Morgan fingerprint density at radius 2 is 1.86 bits per heavy atom. The van der Waals surface area contributed by atoms with Crippen molar-refractivity contribution in [2.24, 2.45) is 5.92 Å². The van der Waals surface area contributed by atoms with Gasteiger partial charge >= 0.3 is 5.97 Å². The van der Waals surface area contributed by atoms with Crippen LogP contribution in [0.3, 0.4) is 0 Å². The number of carbonyl (C=O) groups is 3. The Morgan fingerprint density at radius 1 is 1.25 bits per heavy atom. The minimum Gasteiger partial charge on any atom is -0.480 e. The average molecular weight is 400 g/mol. The molecular weight excluding hydrogens is 370 g/mol. The van der Waals surface area contributed by atoms with Gasteiger partial charge in [-0.3, -0.25) is 9.59 Å². The van der Waals surface area contributed by atoms with E-state index in [-0.39, 0.29) is 29.8 Å². The van der Waals surface area contributed by atoms with Gasteiger partial charge in [0.1, 0.15) is 6.04 Å². The highest BCUT2D eigenvalue weighted by Gasteiger charge is 2.22. The van der Waals surface area contributed by atoms with Gasteiger partial charge < -0.3 is 15.3 Å². The minimum atomic E-state index is -0.991. The summed E-state index contributed by atoms with van der Waals surface area (Å²) in [5, 5.41) is 10.9. The Kier molecular flexibility index (Phi) is 11.7. The lowest BCUT2D eigenvalue weighted by Gasteiger charge is -2.16. The van der Waals surface area contributed by atoms with Crippen molar-refractivity contribution in [2.45, 2.75) is 60.0 Å². The Labute approximate surface area is 164 Å². The van der Waals surface area contributed by atoms with Gasteiger partial charge in [-0.05, 0) is 18.4 Å². The molecule has 8 heteroatoms. The van der Waals surface area contributed by atoms with Crippen LogP contribution in [0.2, 0.25) is 0 Å². The van der Waals surface area contributed by atoms with Crippen LogP contribution < -0.4 is 5.32 Å². The highest BCUT2D eigenvalue weighted by atomic mass is 19.2. The molecule has 1 aliphatic heterocycles. The average Bonchev–Trinajstić information content (AvgIpc) is 3.03. The van der Waals surface area contributed by atoms with Crippen molar-refractivity contribution in [3.8, 4) is 0 Å². The largest absolute Gasteiger partial charge is 0.480 e. The van der Waals surface area contributed by atoms with E-state index in [4.69, 9.17) is 5.11 Å². The maximum atomic E-state index is 13.3. The fourth-order valence-electron chi connectivity index (χ4n) is 2.48. The monoisotopic (exact) mass is 400 g/mol. The molecule has 1 atom stereocenters. The topological polar surface area (TPSA) is 86.7 Å². The number of carbonyl (C=O) groups excluding carboxylic acids is 2. The van der Waals surface area contributed by atoms with Crippen LogP contribution in [0.1, 0.15) is 53.0 Å². The third kappa shape index (κ3) is 8.45. The molecule has 0 aliphatic carbocycles. The number of likely N-dealkylation sites (tertiary alicyclic amines) is 1. The van der Waals surface area contributed by atoms with Crippen LogP contribution >= 0.6 is 0 Å². The maximum absolute atomic E-state index is 13.3. The summed E-state index contributed by atoms with van der Waals surface area (Å²) in [6.45, 7) is 9.60. The molecule has 2 rings (SSSR count). The molecule has 6 nitrogen and oxygen atoms in total. The Morgan fingerprint density at radius 3 is 2.25 bits per heavy atom. The molecule has 1 saturated heterocycles. The number of carboxylic acids is 1. The maximum Gasteiger partial charge on any atom is 0.326 e. The van der Waals surface area contributed by atoms with E-state index in [1.807, 2.05) is 13.8 Å². The van der Waals surface area contributed by atoms with Crippen LogP contribution in [0.4, 0.5) is 8.78 Å². The molecule has 2 N–H and O–H groups in total. The van der Waals surface area contributed by atoms with E-state index in [1.165, 1.54) is 19.1 Å². The fourth-order valence-corrected chi connectivity index (χ4v) is 2.48. The van der Waals surface area contributed by atoms with Crippen molar-refractivity contribution in [1.29, 1.82) is 0 Å². The SMILES string of the molecule is CC.CC(=O)NC(C(=O)O)C(C)C.O=C1CCCN1Cc1cccc(F)c1F. The second-order valence-corrected chi connectivity index (χ2v) is 6.39. The third-order valence-corrected chi connectivity index (χ3v) is 3.86. The summed E-state index contributed by atoms with van der Waals surface area (Å²) >= 11 is 0. The Balaban J connectivity index is 0.000000502. The van der Waals surface area contributed by atoms with E-state index >= 15 is 0 Å². The van der Waals surface area contributed by atoms with Gasteiger partial charge in [0.15, 0.2) is 11.6 Å². The van der Waals surface area contributed by atoms with Crippen molar-refractivity contribution in [3.63, 3.8) is 0 Å². The van der Waals surface area contributed by atoms with Crippen LogP contribution in [0.25, 0.3) is 0 Å². The molecule has 0 aromatic heterocycles. The lowest BCUT2D eigenvalue weighted by molar-refractivity contribution is -0.142. The zero-order valence-corrected chi connectivity index (χ0v) is 17.1. The number of benzene rings is 1. The Hall–Kier alpha value is -2.51. The number of carboxylic acid groups (broad SMARTS) is 1. The van der Waals surface area contributed by atoms with Gasteiger partial charge in [0.25, 0.3) is 0 Å². The van der Waals surface area contributed by atoms with Crippen molar-refractivity contribution < 1.29 is 28.3 Å². The normalized spacial score (nSPS) is 13.9. The summed E-state index contributed by atoms with van der Waals surface area (Å²) < 4.78 is 26.1. The van der Waals surface area contributed by atoms with Crippen LogP contribution in [0.15, 0.2) is 18.2 Å². The van der Waals surface area contributed by atoms with Crippen molar-refractivity contribution in [1.82, 2.24) is 10.2 Å². The van der Waals surface area contributed by atoms with E-state index < -0.39 is 23.6 Å². The minimum absolute atomic E-state index is 0.0126. The zero-order chi connectivity index (χ0) is 21.9. The molecule has 1 aromatic carbocycles. The van der Waals surface area contributed by atoms with E-state index in [2.05, 4.69) is 5.32 Å². The molecule has 1 aromatic rings. The number of amides is 2. The third-order valence-electron chi connectivity index (χ3n) is 3.86. The fraction of sp³-hybridized carbons (Fsp3) is 0.550. The number of hydrogen-bond donors (Lipinski definition) is 2. The van der Waals surface area contributed by atoms with Crippen LogP contribution in [-0.4, -0.2) is 40.4 Å². The van der Waals surface area contributed by atoms with Crippen molar-refractivity contribution >= 4 is 17.8 Å². The van der Waals surface area contributed by atoms with Gasteiger partial charge in [0, 0.05) is 32.0 Å². The summed E-state index contributed by atoms with van der Waals surface area (Å²) in [5.74, 6) is -3.09. The molecule has 158 valence electrons. The second-order valence-electron chi connectivity index (χ2n) is 6.39. The Bertz CT molecular complexity index is 666. The first-order valence-corrected chi connectivity index (χ1v) is 9.34. The van der Waals surface area contributed by atoms with Crippen LogP contribution in [0.5, 0.6) is 0 Å². The summed E-state index contributed by atoms with van der Waals surface area (Å²) in [6, 6.07) is 3.26. The number of rotatable bonds is 5. The molecule has 1 heterocycles. The van der Waals surface area contributed by atoms with Crippen molar-refractivity contribution in [2.75, 3.05) is 6.54 Å². The van der Waals surface area contributed by atoms with Gasteiger partial charge in [-0.2, -0.15) is 0 Å². The number of nitrogens with zero attached hydrogens (tertiary/aromatic N) is 1. The molecule has 1 aliphatic rings. The molecule has 0 bridgehead atoms. The van der Waals surface area contributed by atoms with Crippen LogP contribution in [-0.2, 0) is 20.9 Å². The lowest BCUT2D eigenvalue weighted by atomic mass is 10.1. The lowest BCUT2D eigenvalue weighted by Crippen LogP contribution is -2.43. The molecule has 1 unspecified atom stereocenters. The first-order valence-electron chi connectivity index (χ1n) is 9.34. The van der Waals surface area contributed by atoms with Gasteiger partial charge in [0.2, 0.25) is 11.8 Å². The van der Waals surface area contributed by atoms with Gasteiger partial charge in [-0.1, -0.05) is 39.8 Å². The first kappa shape index (κ1) is 25.5. The van der Waals surface area contributed by atoms with E-state index in [0.717, 1.165) is 12.5 Å². The van der Waals surface area contributed by atoms with Gasteiger partial charge in [-0.25, -0.2) is 13.6 Å². The number of aliphatic carboxylic acids is 1. The number of halogens is 2. The first-order chi connectivity index (χ1) is 13.1. The second kappa shape index (κ2) is 12.8. The predicted molar refractivity (Wildman–Crippen MR) is 102 cm³/mol.